The van der Waals surface area contributed by atoms with E-state index in [9.17, 15) is 4.79 Å². The predicted molar refractivity (Wildman–Crippen MR) is 139 cm³/mol. The number of rotatable bonds is 9. The number of carbonyl (C=O) groups excluding carboxylic acids is 1. The van der Waals surface area contributed by atoms with E-state index in [1.807, 2.05) is 11.4 Å². The monoisotopic (exact) mass is 493 g/mol. The minimum absolute atomic E-state index is 0.144. The van der Waals surface area contributed by atoms with E-state index in [1.165, 1.54) is 10.6 Å². The molecular weight excluding hydrogens is 458 g/mol. The normalized spacial score (nSPS) is 21.2. The molecule has 0 radical (unpaired) electrons. The molecule has 3 aromatic rings. The van der Waals surface area contributed by atoms with Gasteiger partial charge < -0.3 is 20.1 Å². The van der Waals surface area contributed by atoms with Gasteiger partial charge in [0.25, 0.3) is 0 Å². The molecule has 2 aliphatic rings. The maximum absolute atomic E-state index is 12.6. The van der Waals surface area contributed by atoms with Crippen molar-refractivity contribution in [1.82, 2.24) is 20.7 Å². The summed E-state index contributed by atoms with van der Waals surface area (Å²) < 4.78 is 5.71. The van der Waals surface area contributed by atoms with E-state index in [2.05, 4.69) is 68.1 Å². The number of amides is 1. The van der Waals surface area contributed by atoms with Gasteiger partial charge in [-0.15, -0.1) is 11.3 Å². The fourth-order valence-corrected chi connectivity index (χ4v) is 5.86. The molecule has 4 heterocycles. The Bertz CT molecular complexity index is 1050. The van der Waals surface area contributed by atoms with E-state index in [0.717, 1.165) is 70.1 Å². The van der Waals surface area contributed by atoms with Crippen LogP contribution in [0.2, 0.25) is 0 Å². The Morgan fingerprint density at radius 2 is 1.97 bits per heavy atom. The minimum atomic E-state index is 0.144. The molecule has 35 heavy (non-hydrogen) atoms. The highest BCUT2D eigenvalue weighted by Crippen LogP contribution is 2.27. The van der Waals surface area contributed by atoms with Crippen molar-refractivity contribution < 1.29 is 9.32 Å². The summed E-state index contributed by atoms with van der Waals surface area (Å²) in [5.41, 5.74) is 2.30. The first-order valence-electron chi connectivity index (χ1n) is 12.7. The van der Waals surface area contributed by atoms with Crippen LogP contribution < -0.4 is 15.5 Å². The number of nitrogens with zero attached hydrogens (tertiary/aromatic N) is 3. The van der Waals surface area contributed by atoms with Gasteiger partial charge in [-0.3, -0.25) is 9.69 Å². The molecule has 0 saturated carbocycles. The van der Waals surface area contributed by atoms with Gasteiger partial charge in [0.1, 0.15) is 0 Å². The van der Waals surface area contributed by atoms with E-state index in [0.29, 0.717) is 24.8 Å². The topological polar surface area (TPSA) is 73.6 Å². The van der Waals surface area contributed by atoms with Crippen LogP contribution in [0.1, 0.15) is 29.2 Å². The number of piperidine rings is 1. The molecule has 2 aliphatic heterocycles. The van der Waals surface area contributed by atoms with Gasteiger partial charge in [0.05, 0.1) is 18.8 Å². The summed E-state index contributed by atoms with van der Waals surface area (Å²) in [7, 11) is 0. The van der Waals surface area contributed by atoms with Crippen molar-refractivity contribution in [2.45, 2.75) is 32.4 Å². The summed E-state index contributed by atoms with van der Waals surface area (Å²) in [5, 5.41) is 13.0. The van der Waals surface area contributed by atoms with Crippen LogP contribution in [0.5, 0.6) is 0 Å². The Morgan fingerprint density at radius 3 is 2.77 bits per heavy atom. The lowest BCUT2D eigenvalue weighted by Crippen LogP contribution is -2.45. The quantitative estimate of drug-likeness (QED) is 0.475. The summed E-state index contributed by atoms with van der Waals surface area (Å²) in [6.45, 7) is 7.39. The van der Waals surface area contributed by atoms with Crippen molar-refractivity contribution in [3.8, 4) is 0 Å². The highest BCUT2D eigenvalue weighted by Gasteiger charge is 2.28. The molecule has 2 atom stereocenters. The van der Waals surface area contributed by atoms with Crippen LogP contribution in [0.15, 0.2) is 58.4 Å². The number of benzene rings is 1. The lowest BCUT2D eigenvalue weighted by atomic mass is 9.81. The van der Waals surface area contributed by atoms with Gasteiger partial charge in [0.2, 0.25) is 5.91 Å². The van der Waals surface area contributed by atoms with Crippen LogP contribution in [0.4, 0.5) is 5.69 Å². The third-order valence-corrected chi connectivity index (χ3v) is 8.08. The summed E-state index contributed by atoms with van der Waals surface area (Å²) in [6, 6.07) is 16.8. The van der Waals surface area contributed by atoms with Gasteiger partial charge in [0.15, 0.2) is 5.76 Å². The van der Waals surface area contributed by atoms with E-state index in [4.69, 9.17) is 4.52 Å². The summed E-state index contributed by atoms with van der Waals surface area (Å²) >= 11 is 1.68. The van der Waals surface area contributed by atoms with Crippen LogP contribution >= 0.6 is 11.3 Å². The number of hydrogen-bond donors (Lipinski definition) is 2. The zero-order valence-corrected chi connectivity index (χ0v) is 21.0. The van der Waals surface area contributed by atoms with Gasteiger partial charge in [-0.05, 0) is 61.3 Å². The Morgan fingerprint density at radius 1 is 1.11 bits per heavy atom. The smallest absolute Gasteiger partial charge is 0.220 e. The number of thiophene rings is 1. The van der Waals surface area contributed by atoms with Crippen molar-refractivity contribution >= 4 is 22.9 Å². The standard InChI is InChI=1S/C27H35N5O2S/c33-27(29-19-26-7-4-14-35-26)16-21-8-9-28-18-22(21)15-23-17-25(34-30-23)20-31-10-12-32(13-11-31)24-5-2-1-3-6-24/h1-7,14,17,21-22,28H,8-13,15-16,18-20H2,(H,29,33). The number of carbonyl (C=O) groups is 1. The van der Waals surface area contributed by atoms with Gasteiger partial charge in [0, 0.05) is 49.2 Å². The number of piperazine rings is 1. The van der Waals surface area contributed by atoms with Gasteiger partial charge >= 0.3 is 0 Å². The summed E-state index contributed by atoms with van der Waals surface area (Å²) in [4.78, 5) is 18.6. The van der Waals surface area contributed by atoms with Crippen molar-refractivity contribution in [2.75, 3.05) is 44.2 Å². The molecule has 2 saturated heterocycles. The first-order valence-corrected chi connectivity index (χ1v) is 13.6. The van der Waals surface area contributed by atoms with Gasteiger partial charge in [-0.1, -0.05) is 29.4 Å². The van der Waals surface area contributed by atoms with Crippen molar-refractivity contribution in [3.63, 3.8) is 0 Å². The van der Waals surface area contributed by atoms with Gasteiger partial charge in [-0.25, -0.2) is 0 Å². The third-order valence-electron chi connectivity index (χ3n) is 7.20. The molecule has 2 unspecified atom stereocenters. The Labute approximate surface area is 211 Å². The second-order valence-corrected chi connectivity index (χ2v) is 10.7. The third kappa shape index (κ3) is 6.72. The molecule has 7 nitrogen and oxygen atoms in total. The lowest BCUT2D eigenvalue weighted by molar-refractivity contribution is -0.122. The summed E-state index contributed by atoms with van der Waals surface area (Å²) in [5.74, 6) is 1.84. The molecule has 1 amide bonds. The number of aromatic nitrogens is 1. The molecule has 5 rings (SSSR count). The second kappa shape index (κ2) is 11.8. The lowest BCUT2D eigenvalue weighted by Gasteiger charge is -2.35. The van der Waals surface area contributed by atoms with Crippen LogP contribution in [-0.2, 0) is 24.3 Å². The highest BCUT2D eigenvalue weighted by atomic mass is 32.1. The van der Waals surface area contributed by atoms with Crippen LogP contribution in [0.25, 0.3) is 0 Å². The highest BCUT2D eigenvalue weighted by molar-refractivity contribution is 7.09. The fourth-order valence-electron chi connectivity index (χ4n) is 5.21. The molecule has 8 heteroatoms. The molecule has 0 aliphatic carbocycles. The zero-order valence-electron chi connectivity index (χ0n) is 20.2. The molecule has 0 spiro atoms. The molecular formula is C27H35N5O2S. The Hall–Kier alpha value is -2.68. The fraction of sp³-hybridized carbons (Fsp3) is 0.481. The maximum Gasteiger partial charge on any atom is 0.220 e. The summed E-state index contributed by atoms with van der Waals surface area (Å²) in [6.07, 6.45) is 2.45. The Balaban J connectivity index is 1.09. The van der Waals surface area contributed by atoms with E-state index in [1.54, 1.807) is 11.3 Å². The van der Waals surface area contributed by atoms with E-state index >= 15 is 0 Å². The molecule has 2 N–H and O–H groups in total. The van der Waals surface area contributed by atoms with Crippen molar-refractivity contribution in [2.24, 2.45) is 11.8 Å². The van der Waals surface area contributed by atoms with E-state index < -0.39 is 0 Å². The van der Waals surface area contributed by atoms with Crippen molar-refractivity contribution in [3.05, 3.63) is 70.2 Å². The molecule has 2 aromatic heterocycles. The van der Waals surface area contributed by atoms with Gasteiger partial charge in [-0.2, -0.15) is 0 Å². The molecule has 0 bridgehead atoms. The number of para-hydroxylation sites is 1. The largest absolute Gasteiger partial charge is 0.369 e. The van der Waals surface area contributed by atoms with Crippen LogP contribution in [0, 0.1) is 11.8 Å². The maximum atomic E-state index is 12.6. The SMILES string of the molecule is O=C(CC1CCNCC1Cc1cc(CN2CCN(c3ccccc3)CC2)on1)NCc1cccs1. The molecule has 2 fully saturated rings. The first-order chi connectivity index (χ1) is 17.2. The number of hydrogen-bond acceptors (Lipinski definition) is 7. The average Bonchev–Trinajstić information content (AvgIpc) is 3.57. The second-order valence-electron chi connectivity index (χ2n) is 9.66. The molecule has 186 valence electrons. The van der Waals surface area contributed by atoms with Crippen LogP contribution in [0.3, 0.4) is 0 Å². The average molecular weight is 494 g/mol. The van der Waals surface area contributed by atoms with Crippen molar-refractivity contribution in [1.29, 1.82) is 0 Å². The molecule has 1 aromatic carbocycles. The number of anilines is 1. The van der Waals surface area contributed by atoms with Crippen LogP contribution in [-0.4, -0.2) is 55.2 Å². The minimum Gasteiger partial charge on any atom is -0.369 e. The first kappa shape index (κ1) is 24.0. The zero-order chi connectivity index (χ0) is 23.9. The van der Waals surface area contributed by atoms with E-state index in [-0.39, 0.29) is 5.91 Å². The predicted octanol–water partition coefficient (Wildman–Crippen LogP) is 3.53. The number of nitrogens with one attached hydrogen (secondary N) is 2. The Kier molecular flexibility index (Phi) is 8.13.